The molecule has 0 amide bonds. The number of rotatable bonds is 19. The van der Waals surface area contributed by atoms with Gasteiger partial charge < -0.3 is 28.1 Å². The van der Waals surface area contributed by atoms with Gasteiger partial charge in [-0.2, -0.15) is 0 Å². The summed E-state index contributed by atoms with van der Waals surface area (Å²) in [5.41, 5.74) is 0. The van der Waals surface area contributed by atoms with E-state index in [1.165, 1.54) is 10.4 Å². The maximum atomic E-state index is 6.81. The molecule has 0 bridgehead atoms. The molecule has 0 saturated heterocycles. The van der Waals surface area contributed by atoms with E-state index in [2.05, 4.69) is 81.4 Å². The topological polar surface area (TPSA) is 55.4 Å². The number of ether oxygens (including phenoxy) is 5. The van der Waals surface area contributed by atoms with E-state index >= 15 is 0 Å². The van der Waals surface area contributed by atoms with Crippen LogP contribution in [0.4, 0.5) is 0 Å². The smallest absolute Gasteiger partial charge is 0.261 e. The average molecular weight is 505 g/mol. The van der Waals surface area contributed by atoms with Gasteiger partial charge in [0.25, 0.3) is 8.32 Å². The first kappa shape index (κ1) is 29.6. The van der Waals surface area contributed by atoms with E-state index in [1.54, 1.807) is 0 Å². The van der Waals surface area contributed by atoms with Crippen LogP contribution < -0.4 is 10.4 Å². The molecule has 0 aliphatic carbocycles. The molecule has 2 rings (SSSR count). The molecule has 0 saturated carbocycles. The second kappa shape index (κ2) is 17.0. The summed E-state index contributed by atoms with van der Waals surface area (Å²) in [5, 5.41) is 2.52. The van der Waals surface area contributed by atoms with Crippen molar-refractivity contribution in [3.63, 3.8) is 0 Å². The van der Waals surface area contributed by atoms with Crippen molar-refractivity contribution in [1.82, 2.24) is 0 Å². The molecular weight excluding hydrogens is 460 g/mol. The Morgan fingerprint density at radius 3 is 1.20 bits per heavy atom. The van der Waals surface area contributed by atoms with E-state index in [0.29, 0.717) is 66.1 Å². The predicted octanol–water partition coefficient (Wildman–Crippen LogP) is 3.67. The lowest BCUT2D eigenvalue weighted by Gasteiger charge is -2.43. The molecule has 6 nitrogen and oxygen atoms in total. The molecule has 0 aliphatic heterocycles. The lowest BCUT2D eigenvalue weighted by Crippen LogP contribution is -2.66. The van der Waals surface area contributed by atoms with Gasteiger partial charge in [0.05, 0.1) is 66.1 Å². The summed E-state index contributed by atoms with van der Waals surface area (Å²) in [4.78, 5) is 0. The molecule has 0 heterocycles. The largest absolute Gasteiger partial charge is 0.405 e. The van der Waals surface area contributed by atoms with Crippen molar-refractivity contribution in [2.75, 3.05) is 72.7 Å². The van der Waals surface area contributed by atoms with Crippen LogP contribution in [0.1, 0.15) is 27.7 Å². The third-order valence-electron chi connectivity index (χ3n) is 5.66. The SMILES string of the molecule is CCOCCOCCOCCOCCOCCO[Si](c1ccccc1)(c1ccccc1)C(C)(C)C. The molecule has 196 valence electrons. The van der Waals surface area contributed by atoms with E-state index in [1.807, 2.05) is 6.92 Å². The lowest BCUT2D eigenvalue weighted by molar-refractivity contribution is -0.0121. The quantitative estimate of drug-likeness (QED) is 0.215. The number of hydrogen-bond donors (Lipinski definition) is 0. The molecule has 0 atom stereocenters. The molecule has 7 heteroatoms. The second-order valence-corrected chi connectivity index (χ2v) is 13.5. The second-order valence-electron chi connectivity index (χ2n) is 9.16. The maximum absolute atomic E-state index is 6.81. The van der Waals surface area contributed by atoms with E-state index in [-0.39, 0.29) is 5.04 Å². The van der Waals surface area contributed by atoms with Crippen molar-refractivity contribution < 1.29 is 28.1 Å². The fraction of sp³-hybridized carbons (Fsp3) is 0.571. The van der Waals surface area contributed by atoms with Crippen LogP contribution in [0.15, 0.2) is 60.7 Å². The predicted molar refractivity (Wildman–Crippen MR) is 143 cm³/mol. The molecule has 0 aromatic heterocycles. The number of hydrogen-bond acceptors (Lipinski definition) is 6. The Morgan fingerprint density at radius 2 is 0.857 bits per heavy atom. The zero-order valence-corrected chi connectivity index (χ0v) is 23.0. The zero-order chi connectivity index (χ0) is 25.2. The van der Waals surface area contributed by atoms with Gasteiger partial charge in [-0.25, -0.2) is 0 Å². The summed E-state index contributed by atoms with van der Waals surface area (Å²) < 4.78 is 34.3. The minimum Gasteiger partial charge on any atom is -0.405 e. The van der Waals surface area contributed by atoms with Crippen LogP contribution in [0, 0.1) is 0 Å². The minimum absolute atomic E-state index is 0.0346. The van der Waals surface area contributed by atoms with Crippen molar-refractivity contribution in [1.29, 1.82) is 0 Å². The highest BCUT2D eigenvalue weighted by atomic mass is 28.4. The molecule has 0 radical (unpaired) electrons. The van der Waals surface area contributed by atoms with E-state index < -0.39 is 8.32 Å². The van der Waals surface area contributed by atoms with Crippen LogP contribution in [0.5, 0.6) is 0 Å². The maximum Gasteiger partial charge on any atom is 0.261 e. The van der Waals surface area contributed by atoms with Crippen LogP contribution >= 0.6 is 0 Å². The van der Waals surface area contributed by atoms with Gasteiger partial charge in [0.15, 0.2) is 0 Å². The molecule has 0 aliphatic rings. The minimum atomic E-state index is -2.50. The first-order valence-electron chi connectivity index (χ1n) is 12.7. The number of benzene rings is 2. The van der Waals surface area contributed by atoms with Crippen molar-refractivity contribution in [2.24, 2.45) is 0 Å². The van der Waals surface area contributed by atoms with Gasteiger partial charge in [0.1, 0.15) is 0 Å². The Bertz CT molecular complexity index is 727. The van der Waals surface area contributed by atoms with E-state index in [4.69, 9.17) is 28.1 Å². The van der Waals surface area contributed by atoms with Crippen LogP contribution in [0.2, 0.25) is 5.04 Å². The normalized spacial score (nSPS) is 12.2. The molecule has 0 unspecified atom stereocenters. The summed E-state index contributed by atoms with van der Waals surface area (Å²) in [6.07, 6.45) is 0. The molecule has 0 fully saturated rings. The summed E-state index contributed by atoms with van der Waals surface area (Å²) in [6.45, 7) is 15.1. The highest BCUT2D eigenvalue weighted by Gasteiger charge is 2.49. The van der Waals surface area contributed by atoms with Crippen molar-refractivity contribution in [3.8, 4) is 0 Å². The van der Waals surface area contributed by atoms with E-state index in [0.717, 1.165) is 6.61 Å². The summed E-state index contributed by atoms with van der Waals surface area (Å²) in [5.74, 6) is 0. The Morgan fingerprint density at radius 1 is 0.514 bits per heavy atom. The van der Waals surface area contributed by atoms with Crippen molar-refractivity contribution in [3.05, 3.63) is 60.7 Å². The Balaban J connectivity index is 1.69. The van der Waals surface area contributed by atoms with Gasteiger partial charge >= 0.3 is 0 Å². The fourth-order valence-corrected chi connectivity index (χ4v) is 8.58. The third-order valence-corrected chi connectivity index (χ3v) is 10.7. The van der Waals surface area contributed by atoms with Crippen LogP contribution in [-0.2, 0) is 28.1 Å². The molecule has 0 N–H and O–H groups in total. The lowest BCUT2D eigenvalue weighted by atomic mass is 10.2. The van der Waals surface area contributed by atoms with Crippen LogP contribution in [0.3, 0.4) is 0 Å². The molecule has 35 heavy (non-hydrogen) atoms. The van der Waals surface area contributed by atoms with Crippen molar-refractivity contribution in [2.45, 2.75) is 32.7 Å². The molecule has 2 aromatic carbocycles. The monoisotopic (exact) mass is 504 g/mol. The standard InChI is InChI=1S/C28H44O6Si/c1-5-29-16-17-30-18-19-31-20-21-32-22-23-33-24-25-34-35(28(2,3)4,26-12-8-6-9-13-26)27-14-10-7-11-15-27/h6-15H,5,16-25H2,1-4H3. The van der Waals surface area contributed by atoms with Gasteiger partial charge in [-0.15, -0.1) is 0 Å². The first-order chi connectivity index (χ1) is 17.0. The third kappa shape index (κ3) is 10.1. The van der Waals surface area contributed by atoms with Crippen LogP contribution in [0.25, 0.3) is 0 Å². The highest BCUT2D eigenvalue weighted by molar-refractivity contribution is 6.99. The molecular formula is C28H44O6Si. The van der Waals surface area contributed by atoms with Gasteiger partial charge in [-0.1, -0.05) is 81.4 Å². The fourth-order valence-electron chi connectivity index (χ4n) is 4.04. The van der Waals surface area contributed by atoms with Gasteiger partial charge in [-0.3, -0.25) is 0 Å². The Kier molecular flexibility index (Phi) is 14.4. The van der Waals surface area contributed by atoms with Crippen molar-refractivity contribution >= 4 is 18.7 Å². The van der Waals surface area contributed by atoms with Gasteiger partial charge in [-0.05, 0) is 22.3 Å². The average Bonchev–Trinajstić information content (AvgIpc) is 2.86. The Labute approximate surface area is 213 Å². The van der Waals surface area contributed by atoms with E-state index in [9.17, 15) is 0 Å². The summed E-state index contributed by atoms with van der Waals surface area (Å²) >= 11 is 0. The zero-order valence-electron chi connectivity index (χ0n) is 22.0. The molecule has 0 spiro atoms. The van der Waals surface area contributed by atoms with Crippen LogP contribution in [-0.4, -0.2) is 81.0 Å². The molecule has 2 aromatic rings. The highest BCUT2D eigenvalue weighted by Crippen LogP contribution is 2.36. The van der Waals surface area contributed by atoms with Gasteiger partial charge in [0, 0.05) is 6.61 Å². The van der Waals surface area contributed by atoms with Gasteiger partial charge in [0.2, 0.25) is 0 Å². The summed E-state index contributed by atoms with van der Waals surface area (Å²) in [6, 6.07) is 21.3. The Hall–Kier alpha value is -1.58. The first-order valence-corrected chi connectivity index (χ1v) is 14.6. The summed E-state index contributed by atoms with van der Waals surface area (Å²) in [7, 11) is -2.50.